The van der Waals surface area contributed by atoms with E-state index in [1.165, 1.54) is 7.11 Å². The molecule has 19 heavy (non-hydrogen) atoms. The van der Waals surface area contributed by atoms with E-state index in [2.05, 4.69) is 15.9 Å². The molecular weight excluding hydrogens is 329 g/mol. The van der Waals surface area contributed by atoms with Gasteiger partial charge >= 0.3 is 12.1 Å². The van der Waals surface area contributed by atoms with Gasteiger partial charge in [-0.1, -0.05) is 15.9 Å². The summed E-state index contributed by atoms with van der Waals surface area (Å²) in [7, 11) is 1.23. The number of hydrogen-bond acceptors (Lipinski definition) is 2. The fourth-order valence-electron chi connectivity index (χ4n) is 2.07. The first-order valence-corrected chi connectivity index (χ1v) is 6.20. The van der Waals surface area contributed by atoms with Gasteiger partial charge in [0.2, 0.25) is 0 Å². The van der Waals surface area contributed by atoms with Crippen molar-refractivity contribution in [3.8, 4) is 5.75 Å². The minimum Gasteiger partial charge on any atom is -0.496 e. The van der Waals surface area contributed by atoms with E-state index in [-0.39, 0.29) is 15.8 Å². The lowest BCUT2D eigenvalue weighted by atomic mass is 9.94. The third-order valence-electron chi connectivity index (χ3n) is 3.24. The number of methoxy groups -OCH3 is 1. The first-order chi connectivity index (χ1) is 8.72. The Morgan fingerprint density at radius 3 is 2.37 bits per heavy atom. The van der Waals surface area contributed by atoms with Crippen molar-refractivity contribution >= 4 is 21.9 Å². The standard InChI is InChI=1S/C12H10BrF3O3/c1-19-8-5-6(12(14,15)16)4-7(13)9(8)11(2-3-11)10(17)18/h4-5H,2-3H2,1H3,(H,17,18). The lowest BCUT2D eigenvalue weighted by Gasteiger charge is -2.19. The van der Waals surface area contributed by atoms with Crippen LogP contribution in [-0.2, 0) is 16.4 Å². The molecule has 1 saturated carbocycles. The molecule has 0 amide bonds. The molecule has 0 spiro atoms. The number of alkyl halides is 3. The maximum atomic E-state index is 12.7. The summed E-state index contributed by atoms with van der Waals surface area (Å²) >= 11 is 3.03. The van der Waals surface area contributed by atoms with Gasteiger partial charge in [0.15, 0.2) is 0 Å². The van der Waals surface area contributed by atoms with E-state index in [1.807, 2.05) is 0 Å². The number of aliphatic carboxylic acids is 1. The number of rotatable bonds is 3. The van der Waals surface area contributed by atoms with Crippen molar-refractivity contribution in [1.82, 2.24) is 0 Å². The Kier molecular flexibility index (Phi) is 3.28. The molecule has 1 fully saturated rings. The fourth-order valence-corrected chi connectivity index (χ4v) is 2.89. The Morgan fingerprint density at radius 1 is 1.42 bits per heavy atom. The highest BCUT2D eigenvalue weighted by molar-refractivity contribution is 9.10. The normalized spacial score (nSPS) is 17.1. The fraction of sp³-hybridized carbons (Fsp3) is 0.417. The Labute approximate surface area is 115 Å². The third kappa shape index (κ3) is 2.31. The summed E-state index contributed by atoms with van der Waals surface area (Å²) in [5, 5.41) is 9.23. The van der Waals surface area contributed by atoms with Crippen LogP contribution in [-0.4, -0.2) is 18.2 Å². The van der Waals surface area contributed by atoms with Crippen LogP contribution in [0.4, 0.5) is 13.2 Å². The van der Waals surface area contributed by atoms with Crippen molar-refractivity contribution in [2.45, 2.75) is 24.4 Å². The molecule has 1 aromatic rings. The Hall–Kier alpha value is -1.24. The topological polar surface area (TPSA) is 46.5 Å². The van der Waals surface area contributed by atoms with Crippen LogP contribution in [0, 0.1) is 0 Å². The first-order valence-electron chi connectivity index (χ1n) is 5.41. The molecule has 0 unspecified atom stereocenters. The second kappa shape index (κ2) is 4.40. The molecule has 0 bridgehead atoms. The van der Waals surface area contributed by atoms with Gasteiger partial charge in [-0.25, -0.2) is 0 Å². The Bertz CT molecular complexity index is 536. The van der Waals surface area contributed by atoms with Gasteiger partial charge in [-0.15, -0.1) is 0 Å². The van der Waals surface area contributed by atoms with Gasteiger partial charge in [0.25, 0.3) is 0 Å². The number of carboxylic acids is 1. The van der Waals surface area contributed by atoms with Crippen LogP contribution in [0.25, 0.3) is 0 Å². The molecule has 104 valence electrons. The number of ether oxygens (including phenoxy) is 1. The predicted molar refractivity (Wildman–Crippen MR) is 64.2 cm³/mol. The summed E-state index contributed by atoms with van der Waals surface area (Å²) in [6.45, 7) is 0. The minimum atomic E-state index is -4.51. The molecule has 3 nitrogen and oxygen atoms in total. The third-order valence-corrected chi connectivity index (χ3v) is 3.86. The predicted octanol–water partition coefficient (Wildman–Crippen LogP) is 3.59. The van der Waals surface area contributed by atoms with Gasteiger partial charge in [-0.3, -0.25) is 4.79 Å². The molecule has 1 aromatic carbocycles. The molecule has 0 saturated heterocycles. The summed E-state index contributed by atoms with van der Waals surface area (Å²) in [6, 6.07) is 1.73. The average molecular weight is 339 g/mol. The highest BCUT2D eigenvalue weighted by atomic mass is 79.9. The molecule has 1 aliphatic rings. The molecule has 7 heteroatoms. The van der Waals surface area contributed by atoms with E-state index in [0.717, 1.165) is 12.1 Å². The highest BCUT2D eigenvalue weighted by Gasteiger charge is 2.54. The zero-order chi connectivity index (χ0) is 14.4. The largest absolute Gasteiger partial charge is 0.496 e. The maximum absolute atomic E-state index is 12.7. The second-order valence-electron chi connectivity index (χ2n) is 4.42. The molecule has 0 heterocycles. The van der Waals surface area contributed by atoms with E-state index in [1.54, 1.807) is 0 Å². The Balaban J connectivity index is 2.61. The lowest BCUT2D eigenvalue weighted by Crippen LogP contribution is -2.21. The summed E-state index contributed by atoms with van der Waals surface area (Å²) in [5.74, 6) is -1.10. The van der Waals surface area contributed by atoms with Crippen molar-refractivity contribution < 1.29 is 27.8 Å². The number of hydrogen-bond donors (Lipinski definition) is 1. The zero-order valence-corrected chi connectivity index (χ0v) is 11.4. The maximum Gasteiger partial charge on any atom is 0.416 e. The van der Waals surface area contributed by atoms with Crippen molar-refractivity contribution in [2.75, 3.05) is 7.11 Å². The van der Waals surface area contributed by atoms with Crippen molar-refractivity contribution in [1.29, 1.82) is 0 Å². The van der Waals surface area contributed by atoms with Crippen molar-refractivity contribution in [2.24, 2.45) is 0 Å². The SMILES string of the molecule is COc1cc(C(F)(F)F)cc(Br)c1C1(C(=O)O)CC1. The van der Waals surface area contributed by atoms with Gasteiger partial charge < -0.3 is 9.84 Å². The molecule has 0 atom stereocenters. The van der Waals surface area contributed by atoms with E-state index in [9.17, 15) is 23.1 Å². The number of halogens is 4. The van der Waals surface area contributed by atoms with Crippen LogP contribution in [0.3, 0.4) is 0 Å². The number of benzene rings is 1. The summed E-state index contributed by atoms with van der Waals surface area (Å²) in [5.41, 5.74) is -1.73. The van der Waals surface area contributed by atoms with Gasteiger partial charge in [-0.2, -0.15) is 13.2 Å². The van der Waals surface area contributed by atoms with Crippen LogP contribution in [0.15, 0.2) is 16.6 Å². The smallest absolute Gasteiger partial charge is 0.416 e. The monoisotopic (exact) mass is 338 g/mol. The lowest BCUT2D eigenvalue weighted by molar-refractivity contribution is -0.140. The van der Waals surface area contributed by atoms with Crippen LogP contribution in [0.1, 0.15) is 24.0 Å². The molecule has 0 radical (unpaired) electrons. The van der Waals surface area contributed by atoms with E-state index >= 15 is 0 Å². The van der Waals surface area contributed by atoms with E-state index in [4.69, 9.17) is 4.74 Å². The molecule has 1 N–H and O–H groups in total. The van der Waals surface area contributed by atoms with Crippen molar-refractivity contribution in [3.05, 3.63) is 27.7 Å². The molecule has 2 rings (SSSR count). The summed E-state index contributed by atoms with van der Waals surface area (Å²) in [4.78, 5) is 11.3. The van der Waals surface area contributed by atoms with Crippen LogP contribution in [0.2, 0.25) is 0 Å². The molecular formula is C12H10BrF3O3. The first kappa shape index (κ1) is 14.2. The average Bonchev–Trinajstić information content (AvgIpc) is 3.07. The van der Waals surface area contributed by atoms with Crippen LogP contribution in [0.5, 0.6) is 5.75 Å². The van der Waals surface area contributed by atoms with Crippen molar-refractivity contribution in [3.63, 3.8) is 0 Å². The minimum absolute atomic E-state index is 0.0541. The van der Waals surface area contributed by atoms with Crippen LogP contribution >= 0.6 is 15.9 Å². The highest BCUT2D eigenvalue weighted by Crippen LogP contribution is 2.54. The quantitative estimate of drug-likeness (QED) is 0.916. The second-order valence-corrected chi connectivity index (χ2v) is 5.27. The van der Waals surface area contributed by atoms with Gasteiger partial charge in [0.1, 0.15) is 5.75 Å². The molecule has 0 aromatic heterocycles. The number of carbonyl (C=O) groups is 1. The van der Waals surface area contributed by atoms with Gasteiger partial charge in [-0.05, 0) is 25.0 Å². The van der Waals surface area contributed by atoms with E-state index in [0.29, 0.717) is 12.8 Å². The summed E-state index contributed by atoms with van der Waals surface area (Å²) in [6.07, 6.45) is -3.72. The van der Waals surface area contributed by atoms with E-state index < -0.39 is 23.1 Å². The summed E-state index contributed by atoms with van der Waals surface area (Å²) < 4.78 is 43.1. The Morgan fingerprint density at radius 2 is 2.00 bits per heavy atom. The van der Waals surface area contributed by atoms with Gasteiger partial charge in [0, 0.05) is 10.0 Å². The van der Waals surface area contributed by atoms with Crippen LogP contribution < -0.4 is 4.74 Å². The van der Waals surface area contributed by atoms with Gasteiger partial charge in [0.05, 0.1) is 18.1 Å². The molecule has 0 aliphatic heterocycles. The zero-order valence-electron chi connectivity index (χ0n) is 9.84. The molecule has 1 aliphatic carbocycles. The number of carboxylic acid groups (broad SMARTS) is 1.